The molecule has 0 fully saturated rings. The van der Waals surface area contributed by atoms with E-state index in [1.807, 2.05) is 0 Å². The molecule has 0 unspecified atom stereocenters. The van der Waals surface area contributed by atoms with Crippen LogP contribution in [0.15, 0.2) is 24.5 Å². The minimum Gasteiger partial charge on any atom is -0.481 e. The van der Waals surface area contributed by atoms with Gasteiger partial charge in [0.2, 0.25) is 0 Å². The summed E-state index contributed by atoms with van der Waals surface area (Å²) in [6.07, 6.45) is 9.40. The van der Waals surface area contributed by atoms with Gasteiger partial charge in [-0.05, 0) is 55.7 Å². The van der Waals surface area contributed by atoms with Gasteiger partial charge >= 0.3 is 12.0 Å². The third-order valence-corrected chi connectivity index (χ3v) is 5.54. The highest BCUT2D eigenvalue weighted by molar-refractivity contribution is 5.80. The number of methoxy groups -OCH3 is 1. The molecule has 2 aromatic heterocycles. The van der Waals surface area contributed by atoms with Gasteiger partial charge in [-0.3, -0.25) is 9.59 Å². The van der Waals surface area contributed by atoms with Crippen molar-refractivity contribution in [2.75, 3.05) is 19.0 Å². The monoisotopic (exact) mass is 426 g/mol. The molecular formula is C23H30N4O4. The predicted molar refractivity (Wildman–Crippen MR) is 116 cm³/mol. The number of hydrogen-bond acceptors (Lipinski definition) is 7. The van der Waals surface area contributed by atoms with Gasteiger partial charge in [0.25, 0.3) is 0 Å². The van der Waals surface area contributed by atoms with Crippen LogP contribution < -0.4 is 10.1 Å². The minimum absolute atomic E-state index is 0.0543. The highest BCUT2D eigenvalue weighted by atomic mass is 16.5. The van der Waals surface area contributed by atoms with Crippen molar-refractivity contribution in [3.05, 3.63) is 41.3 Å². The van der Waals surface area contributed by atoms with E-state index in [2.05, 4.69) is 27.4 Å². The SMILES string of the molecule is COc1ncc([C@H](CC(=O)O)CC(=O)CCCCc2ccc3c(n2)NCCCC3)cn1. The van der Waals surface area contributed by atoms with Crippen molar-refractivity contribution in [1.29, 1.82) is 0 Å². The molecule has 0 spiro atoms. The number of nitrogens with one attached hydrogen (secondary N) is 1. The van der Waals surface area contributed by atoms with Crippen molar-refractivity contribution in [1.82, 2.24) is 15.0 Å². The van der Waals surface area contributed by atoms with Crippen molar-refractivity contribution in [3.63, 3.8) is 0 Å². The van der Waals surface area contributed by atoms with E-state index in [0.29, 0.717) is 12.0 Å². The summed E-state index contributed by atoms with van der Waals surface area (Å²) in [5.41, 5.74) is 2.96. The first kappa shape index (κ1) is 22.7. The number of nitrogens with zero attached hydrogens (tertiary/aromatic N) is 3. The molecule has 31 heavy (non-hydrogen) atoms. The van der Waals surface area contributed by atoms with Gasteiger partial charge in [-0.15, -0.1) is 0 Å². The lowest BCUT2D eigenvalue weighted by Gasteiger charge is -2.14. The van der Waals surface area contributed by atoms with Gasteiger partial charge in [0.05, 0.1) is 13.5 Å². The van der Waals surface area contributed by atoms with Crippen LogP contribution in [0.3, 0.4) is 0 Å². The van der Waals surface area contributed by atoms with E-state index in [1.54, 1.807) is 0 Å². The fourth-order valence-corrected chi connectivity index (χ4v) is 3.84. The third kappa shape index (κ3) is 7.01. The molecule has 0 aromatic carbocycles. The molecule has 0 amide bonds. The summed E-state index contributed by atoms with van der Waals surface area (Å²) >= 11 is 0. The third-order valence-electron chi connectivity index (χ3n) is 5.54. The van der Waals surface area contributed by atoms with Gasteiger partial charge in [0.15, 0.2) is 0 Å². The smallest absolute Gasteiger partial charge is 0.316 e. The van der Waals surface area contributed by atoms with Gasteiger partial charge < -0.3 is 15.2 Å². The number of aryl methyl sites for hydroxylation is 2. The lowest BCUT2D eigenvalue weighted by Crippen LogP contribution is -2.12. The Labute approximate surface area is 182 Å². The number of carboxylic acids is 1. The Morgan fingerprint density at radius 3 is 2.71 bits per heavy atom. The maximum absolute atomic E-state index is 12.5. The molecule has 0 radical (unpaired) electrons. The minimum atomic E-state index is -0.948. The first-order valence-electron chi connectivity index (χ1n) is 10.9. The first-order chi connectivity index (χ1) is 15.0. The number of ether oxygens (including phenoxy) is 1. The molecule has 3 rings (SSSR count). The number of hydrogen-bond donors (Lipinski definition) is 2. The van der Waals surface area contributed by atoms with Crippen LogP contribution in [0.1, 0.15) is 67.7 Å². The van der Waals surface area contributed by atoms with Crippen LogP contribution in [0.4, 0.5) is 5.82 Å². The van der Waals surface area contributed by atoms with Crippen molar-refractivity contribution >= 4 is 17.6 Å². The Balaban J connectivity index is 1.47. The molecular weight excluding hydrogens is 396 g/mol. The summed E-state index contributed by atoms with van der Waals surface area (Å²) < 4.78 is 4.94. The average molecular weight is 427 g/mol. The Morgan fingerprint density at radius 1 is 1.16 bits per heavy atom. The number of unbranched alkanes of at least 4 members (excludes halogenated alkanes) is 1. The molecule has 8 heteroatoms. The molecule has 166 valence electrons. The van der Waals surface area contributed by atoms with Crippen LogP contribution in [0.2, 0.25) is 0 Å². The highest BCUT2D eigenvalue weighted by Gasteiger charge is 2.20. The number of aliphatic carboxylic acids is 1. The molecule has 2 aromatic rings. The first-order valence-corrected chi connectivity index (χ1v) is 10.9. The predicted octanol–water partition coefficient (Wildman–Crippen LogP) is 3.56. The Hall–Kier alpha value is -3.03. The normalized spacial score (nSPS) is 14.1. The number of carbonyl (C=O) groups is 2. The van der Waals surface area contributed by atoms with E-state index in [1.165, 1.54) is 37.9 Å². The van der Waals surface area contributed by atoms with Crippen LogP contribution in [0.5, 0.6) is 6.01 Å². The molecule has 2 N–H and O–H groups in total. The van der Waals surface area contributed by atoms with Crippen LogP contribution in [-0.4, -0.2) is 45.5 Å². The summed E-state index contributed by atoms with van der Waals surface area (Å²) in [7, 11) is 1.46. The maximum atomic E-state index is 12.5. The van der Waals surface area contributed by atoms with Crippen LogP contribution in [0.25, 0.3) is 0 Å². The molecule has 0 aliphatic carbocycles. The summed E-state index contributed by atoms with van der Waals surface area (Å²) in [6, 6.07) is 4.46. The fourth-order valence-electron chi connectivity index (χ4n) is 3.84. The number of pyridine rings is 1. The summed E-state index contributed by atoms with van der Waals surface area (Å²) in [6.45, 7) is 0.967. The number of carbonyl (C=O) groups excluding carboxylic acids is 1. The molecule has 0 bridgehead atoms. The molecule has 1 atom stereocenters. The van der Waals surface area contributed by atoms with Crippen molar-refractivity contribution in [2.24, 2.45) is 0 Å². The zero-order valence-electron chi connectivity index (χ0n) is 18.0. The zero-order chi connectivity index (χ0) is 22.1. The topological polar surface area (TPSA) is 114 Å². The van der Waals surface area contributed by atoms with E-state index in [0.717, 1.165) is 43.7 Å². The largest absolute Gasteiger partial charge is 0.481 e. The second kappa shape index (κ2) is 11.4. The number of aromatic nitrogens is 3. The van der Waals surface area contributed by atoms with E-state index in [9.17, 15) is 14.7 Å². The summed E-state index contributed by atoms with van der Waals surface area (Å²) in [4.78, 5) is 36.5. The van der Waals surface area contributed by atoms with Gasteiger partial charge in [0.1, 0.15) is 11.6 Å². The highest BCUT2D eigenvalue weighted by Crippen LogP contribution is 2.25. The Morgan fingerprint density at radius 2 is 1.97 bits per heavy atom. The lowest BCUT2D eigenvalue weighted by atomic mass is 9.91. The summed E-state index contributed by atoms with van der Waals surface area (Å²) in [5, 5.41) is 12.6. The molecule has 0 saturated carbocycles. The van der Waals surface area contributed by atoms with Crippen molar-refractivity contribution in [3.8, 4) is 6.01 Å². The second-order valence-corrected chi connectivity index (χ2v) is 7.94. The molecule has 3 heterocycles. The van der Waals surface area contributed by atoms with Gasteiger partial charge in [-0.1, -0.05) is 6.07 Å². The summed E-state index contributed by atoms with van der Waals surface area (Å²) in [5.74, 6) is -0.326. The molecule has 1 aliphatic heterocycles. The van der Waals surface area contributed by atoms with Crippen LogP contribution in [0, 0.1) is 0 Å². The van der Waals surface area contributed by atoms with E-state index in [-0.39, 0.29) is 24.6 Å². The number of fused-ring (bicyclic) bond motifs is 1. The van der Waals surface area contributed by atoms with E-state index < -0.39 is 11.9 Å². The van der Waals surface area contributed by atoms with E-state index in [4.69, 9.17) is 9.72 Å². The average Bonchev–Trinajstić information content (AvgIpc) is 3.01. The maximum Gasteiger partial charge on any atom is 0.316 e. The Kier molecular flexibility index (Phi) is 8.32. The Bertz CT molecular complexity index is 886. The molecule has 0 saturated heterocycles. The molecule has 1 aliphatic rings. The number of carboxylic acid groups (broad SMARTS) is 1. The van der Waals surface area contributed by atoms with E-state index >= 15 is 0 Å². The number of rotatable bonds is 11. The fraction of sp³-hybridized carbons (Fsp3) is 0.522. The van der Waals surface area contributed by atoms with Crippen LogP contribution >= 0.6 is 0 Å². The van der Waals surface area contributed by atoms with Gasteiger partial charge in [0, 0.05) is 43.4 Å². The zero-order valence-corrected chi connectivity index (χ0v) is 18.0. The second-order valence-electron chi connectivity index (χ2n) is 7.94. The number of ketones is 1. The van der Waals surface area contributed by atoms with Crippen molar-refractivity contribution < 1.29 is 19.4 Å². The van der Waals surface area contributed by atoms with Gasteiger partial charge in [-0.2, -0.15) is 0 Å². The number of Topliss-reactive ketones (excluding diaryl/α,β-unsaturated/α-hetero) is 1. The van der Waals surface area contributed by atoms with Gasteiger partial charge in [-0.25, -0.2) is 15.0 Å². The van der Waals surface area contributed by atoms with Crippen molar-refractivity contribution in [2.45, 2.75) is 63.7 Å². The lowest BCUT2D eigenvalue weighted by molar-refractivity contribution is -0.137. The molecule has 8 nitrogen and oxygen atoms in total. The quantitative estimate of drug-likeness (QED) is 0.524. The standard InChI is InChI=1S/C23H30N4O4/c1-31-23-25-14-18(15-26-23)17(13-21(29)30)12-20(28)8-3-2-7-19-10-9-16-6-4-5-11-24-22(16)27-19/h9-10,14-15,17H,2-8,11-13H2,1H3,(H,24,27)(H,29,30)/t17-/m0/s1. The number of anilines is 1. The van der Waals surface area contributed by atoms with Crippen LogP contribution in [-0.2, 0) is 22.4 Å².